The van der Waals surface area contributed by atoms with Crippen LogP contribution in [0.5, 0.6) is 0 Å². The van der Waals surface area contributed by atoms with E-state index >= 15 is 0 Å². The molecule has 0 saturated carbocycles. The Morgan fingerprint density at radius 1 is 1.60 bits per heavy atom. The predicted molar refractivity (Wildman–Crippen MR) is 70.1 cm³/mol. The third kappa shape index (κ3) is 3.40. The summed E-state index contributed by atoms with van der Waals surface area (Å²) in [6.45, 7) is 1.81. The number of nitrogens with one attached hydrogen (secondary N) is 1. The standard InChI is InChI=1S/C12H18N4O4/c1-2-3-10(18)14-9-6-13-16(12(19)15-9)11-5-4-8(7-17)20-11/h6,8,11,17H,2-5,7H2,1H3,(H,14,15,18,19). The molecule has 2 heterocycles. The zero-order valence-electron chi connectivity index (χ0n) is 11.3. The maximum absolute atomic E-state index is 11.9. The van der Waals surface area contributed by atoms with Crippen molar-refractivity contribution in [1.29, 1.82) is 0 Å². The van der Waals surface area contributed by atoms with E-state index < -0.39 is 11.9 Å². The van der Waals surface area contributed by atoms with Crippen molar-refractivity contribution in [2.45, 2.75) is 44.9 Å². The fourth-order valence-electron chi connectivity index (χ4n) is 2.04. The second-order valence-corrected chi connectivity index (χ2v) is 4.64. The average molecular weight is 282 g/mol. The molecule has 0 radical (unpaired) electrons. The highest BCUT2D eigenvalue weighted by Gasteiger charge is 2.27. The SMILES string of the molecule is CCCC(=O)Nc1cnn(C2CCC(CO)O2)c(=O)n1. The molecule has 0 aliphatic carbocycles. The summed E-state index contributed by atoms with van der Waals surface area (Å²) >= 11 is 0. The maximum Gasteiger partial charge on any atom is 0.368 e. The fraction of sp³-hybridized carbons (Fsp3) is 0.667. The molecule has 1 amide bonds. The molecule has 2 atom stereocenters. The number of hydrogen-bond donors (Lipinski definition) is 2. The number of rotatable bonds is 5. The Kier molecular flexibility index (Phi) is 4.80. The molecular formula is C12H18N4O4. The summed E-state index contributed by atoms with van der Waals surface area (Å²) in [5, 5.41) is 15.5. The lowest BCUT2D eigenvalue weighted by Gasteiger charge is -2.13. The topological polar surface area (TPSA) is 106 Å². The number of aromatic nitrogens is 3. The number of aliphatic hydroxyl groups is 1. The molecule has 2 unspecified atom stereocenters. The van der Waals surface area contributed by atoms with Gasteiger partial charge in [0.25, 0.3) is 0 Å². The molecule has 0 spiro atoms. The number of nitrogens with zero attached hydrogens (tertiary/aromatic N) is 3. The minimum absolute atomic E-state index is 0.0795. The van der Waals surface area contributed by atoms with E-state index in [1.165, 1.54) is 6.20 Å². The van der Waals surface area contributed by atoms with Gasteiger partial charge in [0.15, 0.2) is 12.0 Å². The molecule has 0 bridgehead atoms. The molecular weight excluding hydrogens is 264 g/mol. The number of carbonyl (C=O) groups excluding carboxylic acids is 1. The van der Waals surface area contributed by atoms with Crippen molar-refractivity contribution in [3.05, 3.63) is 16.7 Å². The molecule has 20 heavy (non-hydrogen) atoms. The molecule has 8 nitrogen and oxygen atoms in total. The molecule has 110 valence electrons. The summed E-state index contributed by atoms with van der Waals surface area (Å²) in [4.78, 5) is 27.0. The molecule has 1 saturated heterocycles. The van der Waals surface area contributed by atoms with E-state index in [9.17, 15) is 9.59 Å². The Hall–Kier alpha value is -1.80. The summed E-state index contributed by atoms with van der Waals surface area (Å²) in [7, 11) is 0. The van der Waals surface area contributed by atoms with Gasteiger partial charge < -0.3 is 15.2 Å². The van der Waals surface area contributed by atoms with Crippen LogP contribution in [-0.2, 0) is 9.53 Å². The minimum Gasteiger partial charge on any atom is -0.394 e. The Morgan fingerprint density at radius 2 is 2.40 bits per heavy atom. The Labute approximate surface area is 115 Å². The van der Waals surface area contributed by atoms with Crippen LogP contribution in [0.25, 0.3) is 0 Å². The Bertz CT molecular complexity index is 530. The third-order valence-electron chi connectivity index (χ3n) is 3.02. The van der Waals surface area contributed by atoms with Crippen LogP contribution in [0.2, 0.25) is 0 Å². The Balaban J connectivity index is 2.07. The zero-order chi connectivity index (χ0) is 14.5. The summed E-state index contributed by atoms with van der Waals surface area (Å²) in [5.41, 5.74) is -0.581. The van der Waals surface area contributed by atoms with E-state index in [0.29, 0.717) is 19.3 Å². The van der Waals surface area contributed by atoms with E-state index in [1.54, 1.807) is 0 Å². The molecule has 1 fully saturated rings. The van der Waals surface area contributed by atoms with Gasteiger partial charge in [-0.05, 0) is 19.3 Å². The lowest BCUT2D eigenvalue weighted by Crippen LogP contribution is -2.31. The van der Waals surface area contributed by atoms with Crippen molar-refractivity contribution < 1.29 is 14.6 Å². The Morgan fingerprint density at radius 3 is 3.00 bits per heavy atom. The van der Waals surface area contributed by atoms with Crippen molar-refractivity contribution in [1.82, 2.24) is 14.8 Å². The first kappa shape index (κ1) is 14.6. The lowest BCUT2D eigenvalue weighted by molar-refractivity contribution is -0.116. The molecule has 1 aromatic rings. The number of ether oxygens (including phenoxy) is 1. The van der Waals surface area contributed by atoms with Crippen LogP contribution in [0.1, 0.15) is 38.8 Å². The van der Waals surface area contributed by atoms with Crippen LogP contribution in [-0.4, -0.2) is 38.5 Å². The van der Waals surface area contributed by atoms with Crippen LogP contribution >= 0.6 is 0 Å². The van der Waals surface area contributed by atoms with E-state index in [1.807, 2.05) is 6.92 Å². The van der Waals surface area contributed by atoms with Crippen LogP contribution in [0.3, 0.4) is 0 Å². The molecule has 8 heteroatoms. The maximum atomic E-state index is 11.9. The van der Waals surface area contributed by atoms with Crippen molar-refractivity contribution in [3.63, 3.8) is 0 Å². The summed E-state index contributed by atoms with van der Waals surface area (Å²) in [5.74, 6) is -0.0576. The molecule has 2 N–H and O–H groups in total. The van der Waals surface area contributed by atoms with Crippen molar-refractivity contribution in [2.75, 3.05) is 11.9 Å². The number of hydrogen-bond acceptors (Lipinski definition) is 6. The lowest BCUT2D eigenvalue weighted by atomic mass is 10.2. The normalized spacial score (nSPS) is 21.9. The largest absolute Gasteiger partial charge is 0.394 e. The summed E-state index contributed by atoms with van der Waals surface area (Å²) in [6, 6.07) is 0. The molecule has 2 rings (SSSR count). The first-order valence-corrected chi connectivity index (χ1v) is 6.66. The second kappa shape index (κ2) is 6.58. The molecule has 1 aromatic heterocycles. The van der Waals surface area contributed by atoms with E-state index in [0.717, 1.165) is 11.1 Å². The first-order chi connectivity index (χ1) is 9.63. The third-order valence-corrected chi connectivity index (χ3v) is 3.02. The van der Waals surface area contributed by atoms with Gasteiger partial charge in [-0.1, -0.05) is 6.92 Å². The smallest absolute Gasteiger partial charge is 0.368 e. The highest BCUT2D eigenvalue weighted by molar-refractivity contribution is 5.89. The highest BCUT2D eigenvalue weighted by atomic mass is 16.5. The number of anilines is 1. The number of amides is 1. The molecule has 0 aromatic carbocycles. The van der Waals surface area contributed by atoms with Gasteiger partial charge >= 0.3 is 5.69 Å². The van der Waals surface area contributed by atoms with Gasteiger partial charge in [-0.3, -0.25) is 4.79 Å². The molecule has 1 aliphatic rings. The average Bonchev–Trinajstić information content (AvgIpc) is 2.87. The van der Waals surface area contributed by atoms with Crippen molar-refractivity contribution >= 4 is 11.7 Å². The first-order valence-electron chi connectivity index (χ1n) is 6.66. The summed E-state index contributed by atoms with van der Waals surface area (Å²) in [6.07, 6.45) is 2.91. The number of carbonyl (C=O) groups is 1. The van der Waals surface area contributed by atoms with Crippen LogP contribution in [0, 0.1) is 0 Å². The van der Waals surface area contributed by atoms with Crippen LogP contribution < -0.4 is 11.0 Å². The van der Waals surface area contributed by atoms with E-state index in [2.05, 4.69) is 15.4 Å². The van der Waals surface area contributed by atoms with E-state index in [4.69, 9.17) is 9.84 Å². The predicted octanol–water partition coefficient (Wildman–Crippen LogP) is 0.0468. The monoisotopic (exact) mass is 282 g/mol. The van der Waals surface area contributed by atoms with Gasteiger partial charge in [-0.2, -0.15) is 14.8 Å². The second-order valence-electron chi connectivity index (χ2n) is 4.64. The highest BCUT2D eigenvalue weighted by Crippen LogP contribution is 2.25. The quantitative estimate of drug-likeness (QED) is 0.790. The van der Waals surface area contributed by atoms with Crippen LogP contribution in [0.15, 0.2) is 11.0 Å². The molecule has 1 aliphatic heterocycles. The van der Waals surface area contributed by atoms with Crippen LogP contribution in [0.4, 0.5) is 5.82 Å². The van der Waals surface area contributed by atoms with Gasteiger partial charge in [0.05, 0.1) is 18.9 Å². The van der Waals surface area contributed by atoms with E-state index in [-0.39, 0.29) is 24.4 Å². The van der Waals surface area contributed by atoms with Gasteiger partial charge in [0, 0.05) is 6.42 Å². The zero-order valence-corrected chi connectivity index (χ0v) is 11.3. The van der Waals surface area contributed by atoms with Crippen molar-refractivity contribution in [3.8, 4) is 0 Å². The van der Waals surface area contributed by atoms with Gasteiger partial charge in [-0.15, -0.1) is 0 Å². The van der Waals surface area contributed by atoms with Crippen molar-refractivity contribution in [2.24, 2.45) is 0 Å². The van der Waals surface area contributed by atoms with Gasteiger partial charge in [0.2, 0.25) is 5.91 Å². The fourth-order valence-corrected chi connectivity index (χ4v) is 2.04. The number of aliphatic hydroxyl groups excluding tert-OH is 1. The van der Waals surface area contributed by atoms with Gasteiger partial charge in [-0.25, -0.2) is 4.79 Å². The minimum atomic E-state index is -0.581. The summed E-state index contributed by atoms with van der Waals surface area (Å²) < 4.78 is 6.59. The van der Waals surface area contributed by atoms with Gasteiger partial charge in [0.1, 0.15) is 0 Å².